The minimum Gasteiger partial charge on any atom is -0.399 e. The quantitative estimate of drug-likeness (QED) is 0.550. The van der Waals surface area contributed by atoms with E-state index in [0.29, 0.717) is 16.3 Å². The highest BCUT2D eigenvalue weighted by Crippen LogP contribution is 2.32. The summed E-state index contributed by atoms with van der Waals surface area (Å²) >= 11 is 6.22. The molecule has 3 rings (SSSR count). The van der Waals surface area contributed by atoms with Gasteiger partial charge in [0.25, 0.3) is 5.91 Å². The van der Waals surface area contributed by atoms with Gasteiger partial charge in [-0.25, -0.2) is 0 Å². The highest BCUT2D eigenvalue weighted by atomic mass is 35.5. The van der Waals surface area contributed by atoms with Gasteiger partial charge in [-0.1, -0.05) is 29.8 Å². The summed E-state index contributed by atoms with van der Waals surface area (Å²) in [4.78, 5) is 12.5. The van der Waals surface area contributed by atoms with Crippen LogP contribution in [0.3, 0.4) is 0 Å². The van der Waals surface area contributed by atoms with Crippen LogP contribution in [0.1, 0.15) is 15.9 Å². The predicted octanol–water partition coefficient (Wildman–Crippen LogP) is 5.86. The van der Waals surface area contributed by atoms with Crippen molar-refractivity contribution in [3.8, 4) is 11.1 Å². The maximum Gasteiger partial charge on any atom is 0.416 e. The van der Waals surface area contributed by atoms with Crippen molar-refractivity contribution >= 4 is 28.9 Å². The van der Waals surface area contributed by atoms with Gasteiger partial charge in [0.2, 0.25) is 0 Å². The summed E-state index contributed by atoms with van der Waals surface area (Å²) in [6.45, 7) is 0. The van der Waals surface area contributed by atoms with E-state index in [2.05, 4.69) is 5.32 Å². The zero-order chi connectivity index (χ0) is 19.6. The Bertz CT molecular complexity index is 1000. The number of carbonyl (C=O) groups is 1. The van der Waals surface area contributed by atoms with Gasteiger partial charge in [0.05, 0.1) is 5.56 Å². The van der Waals surface area contributed by atoms with E-state index in [1.165, 1.54) is 18.2 Å². The number of hydrogen-bond acceptors (Lipinski definition) is 2. The summed E-state index contributed by atoms with van der Waals surface area (Å²) in [5, 5.41) is 2.90. The molecule has 0 bridgehead atoms. The third-order valence-electron chi connectivity index (χ3n) is 3.87. The van der Waals surface area contributed by atoms with Crippen molar-refractivity contribution in [1.82, 2.24) is 0 Å². The number of anilines is 2. The molecule has 0 aliphatic rings. The molecule has 0 fully saturated rings. The molecule has 3 aromatic carbocycles. The van der Waals surface area contributed by atoms with E-state index in [-0.39, 0.29) is 11.3 Å². The second kappa shape index (κ2) is 7.32. The van der Waals surface area contributed by atoms with Crippen molar-refractivity contribution in [2.24, 2.45) is 0 Å². The number of rotatable bonds is 3. The number of hydrogen-bond donors (Lipinski definition) is 2. The van der Waals surface area contributed by atoms with Gasteiger partial charge >= 0.3 is 6.18 Å². The molecule has 0 atom stereocenters. The van der Waals surface area contributed by atoms with Crippen LogP contribution in [0.15, 0.2) is 66.7 Å². The number of amides is 1. The molecule has 27 heavy (non-hydrogen) atoms. The van der Waals surface area contributed by atoms with Crippen LogP contribution < -0.4 is 11.1 Å². The largest absolute Gasteiger partial charge is 0.416 e. The molecule has 0 spiro atoms. The first-order valence-corrected chi connectivity index (χ1v) is 8.26. The predicted molar refractivity (Wildman–Crippen MR) is 101 cm³/mol. The van der Waals surface area contributed by atoms with Gasteiger partial charge in [-0.15, -0.1) is 0 Å². The number of carbonyl (C=O) groups excluding carboxylic acids is 1. The lowest BCUT2D eigenvalue weighted by atomic mass is 10.0. The Balaban J connectivity index is 1.89. The van der Waals surface area contributed by atoms with Gasteiger partial charge in [-0.3, -0.25) is 4.79 Å². The molecule has 0 heterocycles. The normalized spacial score (nSPS) is 11.3. The Morgan fingerprint density at radius 1 is 0.963 bits per heavy atom. The van der Waals surface area contributed by atoms with Crippen molar-refractivity contribution in [2.45, 2.75) is 6.18 Å². The highest BCUT2D eigenvalue weighted by Gasteiger charge is 2.30. The van der Waals surface area contributed by atoms with E-state index >= 15 is 0 Å². The average molecular weight is 391 g/mol. The van der Waals surface area contributed by atoms with Crippen LogP contribution in [-0.4, -0.2) is 5.91 Å². The lowest BCUT2D eigenvalue weighted by Crippen LogP contribution is -2.13. The molecule has 138 valence electrons. The molecule has 3 nitrogen and oxygen atoms in total. The minimum atomic E-state index is -4.48. The molecule has 0 saturated carbocycles. The first kappa shape index (κ1) is 18.8. The van der Waals surface area contributed by atoms with Crippen molar-refractivity contribution in [3.05, 3.63) is 82.9 Å². The van der Waals surface area contributed by atoms with Crippen LogP contribution in [0, 0.1) is 0 Å². The fraction of sp³-hybridized carbons (Fsp3) is 0.0500. The summed E-state index contributed by atoms with van der Waals surface area (Å²) in [6.07, 6.45) is -4.48. The molecule has 0 aliphatic heterocycles. The molecule has 3 N–H and O–H groups in total. The minimum absolute atomic E-state index is 0.0512. The van der Waals surface area contributed by atoms with E-state index in [9.17, 15) is 18.0 Å². The second-order valence-electron chi connectivity index (χ2n) is 5.85. The topological polar surface area (TPSA) is 55.1 Å². The molecule has 0 saturated heterocycles. The molecule has 1 amide bonds. The van der Waals surface area contributed by atoms with Crippen LogP contribution in [0.4, 0.5) is 24.5 Å². The fourth-order valence-electron chi connectivity index (χ4n) is 2.57. The summed E-state index contributed by atoms with van der Waals surface area (Å²) in [7, 11) is 0. The molecule has 0 unspecified atom stereocenters. The van der Waals surface area contributed by atoms with E-state index in [1.807, 2.05) is 0 Å². The standard InChI is InChI=1S/C20H14ClF3N2O/c21-18-8-7-13(10-17(18)12-3-1-5-15(25)9-12)19(27)26-16-6-2-4-14(11-16)20(22,23)24/h1-11H,25H2,(H,26,27). The number of alkyl halides is 3. The first-order valence-electron chi connectivity index (χ1n) is 7.88. The van der Waals surface area contributed by atoms with Crippen LogP contribution in [0.25, 0.3) is 11.1 Å². The number of benzene rings is 3. The molecule has 0 aromatic heterocycles. The van der Waals surface area contributed by atoms with Gasteiger partial charge in [-0.2, -0.15) is 13.2 Å². The third-order valence-corrected chi connectivity index (χ3v) is 4.20. The molecule has 3 aromatic rings. The van der Waals surface area contributed by atoms with Crippen LogP contribution in [0.5, 0.6) is 0 Å². The van der Waals surface area contributed by atoms with Crippen molar-refractivity contribution < 1.29 is 18.0 Å². The van der Waals surface area contributed by atoms with Gasteiger partial charge in [0.1, 0.15) is 0 Å². The Morgan fingerprint density at radius 3 is 2.41 bits per heavy atom. The van der Waals surface area contributed by atoms with Gasteiger partial charge in [-0.05, 0) is 54.1 Å². The monoisotopic (exact) mass is 390 g/mol. The molecule has 0 aliphatic carbocycles. The van der Waals surface area contributed by atoms with Crippen LogP contribution >= 0.6 is 11.6 Å². The van der Waals surface area contributed by atoms with Gasteiger partial charge in [0.15, 0.2) is 0 Å². The molecular weight excluding hydrogens is 377 g/mol. The number of nitrogens with two attached hydrogens (primary N) is 1. The maximum atomic E-state index is 12.8. The smallest absolute Gasteiger partial charge is 0.399 e. The van der Waals surface area contributed by atoms with Crippen molar-refractivity contribution in [1.29, 1.82) is 0 Å². The van der Waals surface area contributed by atoms with Crippen LogP contribution in [0.2, 0.25) is 5.02 Å². The van der Waals surface area contributed by atoms with Gasteiger partial charge < -0.3 is 11.1 Å². The van der Waals surface area contributed by atoms with Crippen molar-refractivity contribution in [2.75, 3.05) is 11.1 Å². The first-order chi connectivity index (χ1) is 12.7. The van der Waals surface area contributed by atoms with E-state index < -0.39 is 17.6 Å². The molecule has 7 heteroatoms. The zero-order valence-electron chi connectivity index (χ0n) is 13.8. The molecular formula is C20H14ClF3N2O. The SMILES string of the molecule is Nc1cccc(-c2cc(C(=O)Nc3cccc(C(F)(F)F)c3)ccc2Cl)c1. The van der Waals surface area contributed by atoms with E-state index in [0.717, 1.165) is 17.7 Å². The maximum absolute atomic E-state index is 12.8. The van der Waals surface area contributed by atoms with Crippen molar-refractivity contribution in [3.63, 3.8) is 0 Å². The van der Waals surface area contributed by atoms with Crippen LogP contribution in [-0.2, 0) is 6.18 Å². The van der Waals surface area contributed by atoms with Gasteiger partial charge in [0, 0.05) is 27.5 Å². The molecule has 0 radical (unpaired) electrons. The summed E-state index contributed by atoms with van der Waals surface area (Å²) in [5.41, 5.74) is 7.13. The Hall–Kier alpha value is -2.99. The summed E-state index contributed by atoms with van der Waals surface area (Å²) < 4.78 is 38.4. The number of nitrogen functional groups attached to an aromatic ring is 1. The highest BCUT2D eigenvalue weighted by molar-refractivity contribution is 6.33. The zero-order valence-corrected chi connectivity index (χ0v) is 14.6. The van der Waals surface area contributed by atoms with E-state index in [4.69, 9.17) is 17.3 Å². The third kappa shape index (κ3) is 4.41. The summed E-state index contributed by atoms with van der Waals surface area (Å²) in [6, 6.07) is 16.1. The Morgan fingerprint density at radius 2 is 1.70 bits per heavy atom. The second-order valence-corrected chi connectivity index (χ2v) is 6.26. The fourth-order valence-corrected chi connectivity index (χ4v) is 2.80. The Kier molecular flexibility index (Phi) is 5.10. The Labute approximate surface area is 158 Å². The number of halogens is 4. The average Bonchev–Trinajstić information content (AvgIpc) is 2.61. The lowest BCUT2D eigenvalue weighted by molar-refractivity contribution is -0.137. The van der Waals surface area contributed by atoms with E-state index in [1.54, 1.807) is 36.4 Å². The number of nitrogens with one attached hydrogen (secondary N) is 1. The summed E-state index contributed by atoms with van der Waals surface area (Å²) in [5.74, 6) is -0.545. The lowest BCUT2D eigenvalue weighted by Gasteiger charge is -2.11.